The third kappa shape index (κ3) is 3.33. The molecular weight excluding hydrogens is 260 g/mol. The van der Waals surface area contributed by atoms with Gasteiger partial charge in [-0.1, -0.05) is 49.1 Å². The first-order valence-electron chi connectivity index (χ1n) is 8.08. The van der Waals surface area contributed by atoms with Crippen LogP contribution in [0.5, 0.6) is 0 Å². The third-order valence-electron chi connectivity index (χ3n) is 4.83. The van der Waals surface area contributed by atoms with E-state index in [1.54, 1.807) is 5.19 Å². The van der Waals surface area contributed by atoms with Gasteiger partial charge in [-0.25, -0.2) is 0 Å². The van der Waals surface area contributed by atoms with Crippen molar-refractivity contribution >= 4 is 13.3 Å². The largest absolute Gasteiger partial charge is 0.310 e. The molecule has 0 aliphatic carbocycles. The molecule has 2 atom stereocenters. The van der Waals surface area contributed by atoms with Crippen molar-refractivity contribution in [3.63, 3.8) is 0 Å². The topological polar surface area (TPSA) is 15.3 Å². The molecule has 1 aromatic carbocycles. The van der Waals surface area contributed by atoms with Crippen LogP contribution in [0.3, 0.4) is 0 Å². The van der Waals surface area contributed by atoms with Gasteiger partial charge >= 0.3 is 0 Å². The molecule has 0 saturated carbocycles. The molecule has 0 aromatic heterocycles. The highest BCUT2D eigenvalue weighted by Gasteiger charge is 2.29. The van der Waals surface area contributed by atoms with Crippen molar-refractivity contribution in [2.75, 3.05) is 13.1 Å². The number of nitrogens with zero attached hydrogens (tertiary/aromatic N) is 1. The zero-order valence-corrected chi connectivity index (χ0v) is 14.2. The fourth-order valence-electron chi connectivity index (χ4n) is 3.53. The van der Waals surface area contributed by atoms with Crippen molar-refractivity contribution in [3.8, 4) is 0 Å². The van der Waals surface area contributed by atoms with Crippen LogP contribution >= 0.6 is 0 Å². The molecule has 0 spiro atoms. The fourth-order valence-corrected chi connectivity index (χ4v) is 4.69. The predicted molar refractivity (Wildman–Crippen MR) is 89.3 cm³/mol. The summed E-state index contributed by atoms with van der Waals surface area (Å²) >= 11 is 0. The molecule has 2 bridgehead atoms. The number of benzene rings is 1. The minimum absolute atomic E-state index is 0.740. The average Bonchev–Trinajstić information content (AvgIpc) is 2.72. The lowest BCUT2D eigenvalue weighted by Gasteiger charge is -2.24. The summed E-state index contributed by atoms with van der Waals surface area (Å²) in [7, 11) is -1.15. The zero-order chi connectivity index (χ0) is 14.2. The molecular formula is C17H28N2Si. The van der Waals surface area contributed by atoms with Crippen molar-refractivity contribution in [3.05, 3.63) is 29.8 Å². The van der Waals surface area contributed by atoms with Gasteiger partial charge in [0.1, 0.15) is 0 Å². The molecule has 20 heavy (non-hydrogen) atoms. The van der Waals surface area contributed by atoms with Crippen LogP contribution in [-0.2, 0) is 6.54 Å². The van der Waals surface area contributed by atoms with Crippen LogP contribution in [0.4, 0.5) is 0 Å². The Balaban J connectivity index is 1.63. The van der Waals surface area contributed by atoms with Crippen LogP contribution in [0.15, 0.2) is 24.3 Å². The Kier molecular flexibility index (Phi) is 4.02. The molecule has 1 aromatic rings. The number of hydrogen-bond donors (Lipinski definition) is 1. The zero-order valence-electron chi connectivity index (χ0n) is 13.2. The first kappa shape index (κ1) is 14.3. The van der Waals surface area contributed by atoms with Gasteiger partial charge in [0.2, 0.25) is 0 Å². The summed E-state index contributed by atoms with van der Waals surface area (Å²) in [5, 5.41) is 5.33. The highest BCUT2D eigenvalue weighted by atomic mass is 28.3. The van der Waals surface area contributed by atoms with E-state index in [0.29, 0.717) is 0 Å². The van der Waals surface area contributed by atoms with Crippen LogP contribution in [0.25, 0.3) is 0 Å². The van der Waals surface area contributed by atoms with Gasteiger partial charge in [-0.05, 0) is 24.8 Å². The van der Waals surface area contributed by atoms with Crippen LogP contribution in [0, 0.1) is 0 Å². The van der Waals surface area contributed by atoms with E-state index in [0.717, 1.165) is 18.6 Å². The summed E-state index contributed by atoms with van der Waals surface area (Å²) in [4.78, 5) is 2.64. The number of fused-ring (bicyclic) bond motifs is 2. The van der Waals surface area contributed by atoms with Crippen molar-refractivity contribution in [2.24, 2.45) is 0 Å². The van der Waals surface area contributed by atoms with Gasteiger partial charge in [-0.3, -0.25) is 4.90 Å². The van der Waals surface area contributed by atoms with Crippen LogP contribution in [0.1, 0.15) is 24.8 Å². The van der Waals surface area contributed by atoms with Gasteiger partial charge < -0.3 is 5.32 Å². The summed E-state index contributed by atoms with van der Waals surface area (Å²) in [6.07, 6.45) is 4.09. The van der Waals surface area contributed by atoms with E-state index in [2.05, 4.69) is 54.1 Å². The van der Waals surface area contributed by atoms with E-state index in [1.165, 1.54) is 37.9 Å². The number of hydrogen-bond acceptors (Lipinski definition) is 2. The summed E-state index contributed by atoms with van der Waals surface area (Å²) < 4.78 is 0. The number of nitrogens with one attached hydrogen (secondary N) is 1. The normalized spacial score (nSPS) is 27.6. The minimum Gasteiger partial charge on any atom is -0.310 e. The lowest BCUT2D eigenvalue weighted by Crippen LogP contribution is -2.37. The van der Waals surface area contributed by atoms with E-state index in [9.17, 15) is 0 Å². The monoisotopic (exact) mass is 288 g/mol. The maximum Gasteiger partial charge on any atom is 0.0775 e. The quantitative estimate of drug-likeness (QED) is 0.860. The molecule has 1 N–H and O–H groups in total. The first-order valence-corrected chi connectivity index (χ1v) is 11.6. The Morgan fingerprint density at radius 3 is 2.45 bits per heavy atom. The molecule has 2 nitrogen and oxygen atoms in total. The molecule has 3 rings (SSSR count). The molecule has 2 aliphatic heterocycles. The van der Waals surface area contributed by atoms with Gasteiger partial charge in [0.05, 0.1) is 8.07 Å². The lowest BCUT2D eigenvalue weighted by molar-refractivity contribution is 0.251. The molecule has 2 heterocycles. The molecule has 3 heteroatoms. The van der Waals surface area contributed by atoms with Crippen LogP contribution in [-0.4, -0.2) is 38.1 Å². The Morgan fingerprint density at radius 2 is 1.75 bits per heavy atom. The van der Waals surface area contributed by atoms with Crippen LogP contribution < -0.4 is 10.5 Å². The van der Waals surface area contributed by atoms with E-state index >= 15 is 0 Å². The lowest BCUT2D eigenvalue weighted by atomic mass is 10.1. The molecule has 0 amide bonds. The number of rotatable bonds is 3. The van der Waals surface area contributed by atoms with Gasteiger partial charge in [0, 0.05) is 31.7 Å². The van der Waals surface area contributed by atoms with Crippen molar-refractivity contribution < 1.29 is 0 Å². The van der Waals surface area contributed by atoms with E-state index in [1.807, 2.05) is 0 Å². The molecule has 0 radical (unpaired) electrons. The highest BCUT2D eigenvalue weighted by Crippen LogP contribution is 2.21. The fraction of sp³-hybridized carbons (Fsp3) is 0.647. The van der Waals surface area contributed by atoms with Crippen molar-refractivity contribution in [1.82, 2.24) is 10.2 Å². The Labute approximate surface area is 124 Å². The summed E-state index contributed by atoms with van der Waals surface area (Å²) in [6, 6.07) is 11.0. The standard InChI is InChI=1S/C17H28N2Si/c1-20(2,3)17-8-4-14(5-9-17)12-19-11-10-15-6-7-16(13-19)18-15/h4-5,8-9,15-16,18H,6-7,10-13H2,1-3H3. The van der Waals surface area contributed by atoms with Gasteiger partial charge in [-0.2, -0.15) is 0 Å². The SMILES string of the molecule is C[Si](C)(C)c1ccc(CN2CCC3CCC(C2)N3)cc1. The second-order valence-corrected chi connectivity index (χ2v) is 12.7. The Morgan fingerprint density at radius 1 is 1.05 bits per heavy atom. The number of likely N-dealkylation sites (tertiary alicyclic amines) is 1. The maximum absolute atomic E-state index is 3.76. The Hall–Kier alpha value is -0.643. The second-order valence-electron chi connectivity index (χ2n) is 7.61. The van der Waals surface area contributed by atoms with Crippen molar-refractivity contribution in [1.29, 1.82) is 0 Å². The maximum atomic E-state index is 3.76. The minimum atomic E-state index is -1.15. The molecule has 110 valence electrons. The summed E-state index contributed by atoms with van der Waals surface area (Å²) in [6.45, 7) is 10.9. The van der Waals surface area contributed by atoms with E-state index in [4.69, 9.17) is 0 Å². The molecule has 2 fully saturated rings. The molecule has 2 saturated heterocycles. The predicted octanol–water partition coefficient (Wildman–Crippen LogP) is 2.56. The van der Waals surface area contributed by atoms with Crippen LogP contribution in [0.2, 0.25) is 19.6 Å². The first-order chi connectivity index (χ1) is 9.50. The summed E-state index contributed by atoms with van der Waals surface area (Å²) in [5.41, 5.74) is 1.48. The third-order valence-corrected chi connectivity index (χ3v) is 6.90. The molecule has 2 aliphatic rings. The summed E-state index contributed by atoms with van der Waals surface area (Å²) in [5.74, 6) is 0. The second kappa shape index (κ2) is 5.62. The highest BCUT2D eigenvalue weighted by molar-refractivity contribution is 6.88. The molecule has 2 unspecified atom stereocenters. The van der Waals surface area contributed by atoms with Gasteiger partial charge in [0.25, 0.3) is 0 Å². The van der Waals surface area contributed by atoms with Gasteiger partial charge in [0.15, 0.2) is 0 Å². The van der Waals surface area contributed by atoms with E-state index < -0.39 is 8.07 Å². The van der Waals surface area contributed by atoms with Crippen molar-refractivity contribution in [2.45, 2.75) is 57.5 Å². The average molecular weight is 289 g/mol. The Bertz CT molecular complexity index is 449. The van der Waals surface area contributed by atoms with Gasteiger partial charge in [-0.15, -0.1) is 0 Å². The smallest absolute Gasteiger partial charge is 0.0775 e. The van der Waals surface area contributed by atoms with E-state index in [-0.39, 0.29) is 0 Å².